The van der Waals surface area contributed by atoms with E-state index in [1.165, 1.54) is 25.7 Å². The third-order valence-electron chi connectivity index (χ3n) is 4.93. The summed E-state index contributed by atoms with van der Waals surface area (Å²) in [7, 11) is 5.12. The largest absolute Gasteiger partial charge is 0.493 e. The van der Waals surface area contributed by atoms with Crippen LogP contribution in [0.5, 0.6) is 11.5 Å². The number of benzene rings is 1. The quantitative estimate of drug-likeness (QED) is 0.680. The summed E-state index contributed by atoms with van der Waals surface area (Å²) >= 11 is 0. The van der Waals surface area contributed by atoms with Crippen molar-refractivity contribution in [3.05, 3.63) is 23.8 Å². The lowest BCUT2D eigenvalue weighted by molar-refractivity contribution is 0.144. The second kappa shape index (κ2) is 10.3. The molecular formula is C20H32N2O4. The Bertz CT molecular complexity index is 573. The number of nitrogens with one attached hydrogen (secondary N) is 1. The van der Waals surface area contributed by atoms with Gasteiger partial charge < -0.3 is 24.4 Å². The molecule has 0 aromatic heterocycles. The third kappa shape index (κ3) is 5.80. The van der Waals surface area contributed by atoms with Crippen LogP contribution < -0.4 is 14.8 Å². The van der Waals surface area contributed by atoms with Gasteiger partial charge in [-0.05, 0) is 43.4 Å². The molecule has 1 atom stereocenters. The van der Waals surface area contributed by atoms with Crippen LogP contribution in [0.15, 0.2) is 18.2 Å². The molecule has 2 amide bonds. The summed E-state index contributed by atoms with van der Waals surface area (Å²) in [5.74, 6) is 1.97. The van der Waals surface area contributed by atoms with E-state index >= 15 is 0 Å². The minimum atomic E-state index is -0.115. The Balaban J connectivity index is 1.92. The molecule has 6 nitrogen and oxygen atoms in total. The molecule has 1 aliphatic carbocycles. The maximum absolute atomic E-state index is 12.5. The predicted molar refractivity (Wildman–Crippen MR) is 102 cm³/mol. The van der Waals surface area contributed by atoms with Gasteiger partial charge >= 0.3 is 6.03 Å². The maximum atomic E-state index is 12.5. The molecule has 0 unspecified atom stereocenters. The van der Waals surface area contributed by atoms with Gasteiger partial charge in [0.15, 0.2) is 11.5 Å². The smallest absolute Gasteiger partial charge is 0.317 e. The van der Waals surface area contributed by atoms with Gasteiger partial charge in [0.05, 0.1) is 19.8 Å². The molecule has 0 aliphatic heterocycles. The summed E-state index contributed by atoms with van der Waals surface area (Å²) in [4.78, 5) is 14.3. The number of amides is 2. The summed E-state index contributed by atoms with van der Waals surface area (Å²) in [5, 5.41) is 3.06. The van der Waals surface area contributed by atoms with Crippen LogP contribution in [0, 0.1) is 5.92 Å². The first-order valence-corrected chi connectivity index (χ1v) is 9.36. The van der Waals surface area contributed by atoms with E-state index in [2.05, 4.69) is 5.32 Å². The summed E-state index contributed by atoms with van der Waals surface area (Å²) in [6.07, 6.45) is 5.04. The number of rotatable bonds is 9. The fourth-order valence-corrected chi connectivity index (χ4v) is 3.35. The molecule has 1 aromatic carbocycles. The number of carbonyl (C=O) groups excluding carboxylic acids is 1. The van der Waals surface area contributed by atoms with Crippen LogP contribution in [0.2, 0.25) is 0 Å². The first kappa shape index (κ1) is 20.4. The zero-order valence-corrected chi connectivity index (χ0v) is 16.4. The fraction of sp³-hybridized carbons (Fsp3) is 0.650. The molecule has 1 N–H and O–H groups in total. The number of methoxy groups -OCH3 is 2. The van der Waals surface area contributed by atoms with Gasteiger partial charge in [0, 0.05) is 20.7 Å². The highest BCUT2D eigenvalue weighted by Crippen LogP contribution is 2.30. The van der Waals surface area contributed by atoms with Gasteiger partial charge in [-0.2, -0.15) is 0 Å². The van der Waals surface area contributed by atoms with Crippen LogP contribution in [0.25, 0.3) is 0 Å². The van der Waals surface area contributed by atoms with Gasteiger partial charge in [0.1, 0.15) is 6.61 Å². The highest BCUT2D eigenvalue weighted by Gasteiger charge is 2.21. The Morgan fingerprint density at radius 3 is 2.62 bits per heavy atom. The monoisotopic (exact) mass is 364 g/mol. The van der Waals surface area contributed by atoms with Gasteiger partial charge in [-0.1, -0.05) is 18.9 Å². The van der Waals surface area contributed by atoms with Crippen LogP contribution >= 0.6 is 0 Å². The predicted octanol–water partition coefficient (Wildman–Crippen LogP) is 3.61. The van der Waals surface area contributed by atoms with Gasteiger partial charge in [-0.15, -0.1) is 0 Å². The number of nitrogens with zero attached hydrogens (tertiary/aromatic N) is 1. The van der Waals surface area contributed by atoms with E-state index in [0.29, 0.717) is 30.6 Å². The Morgan fingerprint density at radius 1 is 1.23 bits per heavy atom. The molecule has 26 heavy (non-hydrogen) atoms. The van der Waals surface area contributed by atoms with Crippen molar-refractivity contribution in [1.82, 2.24) is 10.2 Å². The first-order chi connectivity index (χ1) is 12.5. The Kier molecular flexibility index (Phi) is 8.04. The third-order valence-corrected chi connectivity index (χ3v) is 4.93. The molecule has 146 valence electrons. The van der Waals surface area contributed by atoms with Crippen molar-refractivity contribution in [3.8, 4) is 11.5 Å². The SMILES string of the molecule is COCCOc1ccc([C@@H](C)NC(=O)N(C)CC2CCCC2)cc1OC. The molecule has 2 rings (SSSR count). The van der Waals surface area contributed by atoms with Crippen molar-refractivity contribution in [1.29, 1.82) is 0 Å². The van der Waals surface area contributed by atoms with Crippen LogP contribution in [0.4, 0.5) is 4.79 Å². The molecule has 0 spiro atoms. The fourth-order valence-electron chi connectivity index (χ4n) is 3.35. The van der Waals surface area contributed by atoms with E-state index in [0.717, 1.165) is 12.1 Å². The van der Waals surface area contributed by atoms with Crippen molar-refractivity contribution < 1.29 is 19.0 Å². The van der Waals surface area contributed by atoms with Crippen molar-refractivity contribution in [2.45, 2.75) is 38.6 Å². The normalized spacial score (nSPS) is 15.5. The van der Waals surface area contributed by atoms with Crippen LogP contribution in [-0.2, 0) is 4.74 Å². The number of hydrogen-bond acceptors (Lipinski definition) is 4. The second-order valence-electron chi connectivity index (χ2n) is 6.95. The van der Waals surface area contributed by atoms with Crippen molar-refractivity contribution in [2.24, 2.45) is 5.92 Å². The molecule has 1 fully saturated rings. The van der Waals surface area contributed by atoms with Crippen molar-refractivity contribution in [2.75, 3.05) is 41.0 Å². The standard InChI is InChI=1S/C20H32N2O4/c1-15(21-20(23)22(2)14-16-7-5-6-8-16)17-9-10-18(19(13-17)25-4)26-12-11-24-3/h9-10,13,15-16H,5-8,11-12,14H2,1-4H3,(H,21,23)/t15-/m1/s1. The Hall–Kier alpha value is -1.95. The molecule has 1 aromatic rings. The van der Waals surface area contributed by atoms with Crippen LogP contribution in [0.3, 0.4) is 0 Å². The molecule has 1 saturated carbocycles. The lowest BCUT2D eigenvalue weighted by Crippen LogP contribution is -2.40. The molecule has 0 saturated heterocycles. The van der Waals surface area contributed by atoms with Gasteiger partial charge in [0.2, 0.25) is 0 Å². The van der Waals surface area contributed by atoms with Crippen molar-refractivity contribution in [3.63, 3.8) is 0 Å². The van der Waals surface area contributed by atoms with Crippen LogP contribution in [-0.4, -0.2) is 52.0 Å². The molecule has 1 aliphatic rings. The van der Waals surface area contributed by atoms with Gasteiger partial charge in [-0.25, -0.2) is 4.79 Å². The summed E-state index contributed by atoms with van der Waals surface area (Å²) < 4.78 is 16.1. The average Bonchev–Trinajstić information content (AvgIpc) is 3.14. The van der Waals surface area contributed by atoms with Crippen LogP contribution in [0.1, 0.15) is 44.2 Å². The van der Waals surface area contributed by atoms with Gasteiger partial charge in [-0.3, -0.25) is 0 Å². The molecule has 0 heterocycles. The summed E-state index contributed by atoms with van der Waals surface area (Å²) in [6.45, 7) is 3.78. The lowest BCUT2D eigenvalue weighted by atomic mass is 10.1. The topological polar surface area (TPSA) is 60.0 Å². The summed E-state index contributed by atoms with van der Waals surface area (Å²) in [5.41, 5.74) is 0.976. The van der Waals surface area contributed by atoms with E-state index in [1.807, 2.05) is 32.2 Å². The second-order valence-corrected chi connectivity index (χ2v) is 6.95. The number of urea groups is 1. The minimum Gasteiger partial charge on any atom is -0.493 e. The van der Waals surface area contributed by atoms with E-state index in [-0.39, 0.29) is 12.1 Å². The molecule has 6 heteroatoms. The van der Waals surface area contributed by atoms with E-state index in [1.54, 1.807) is 19.1 Å². The molecule has 0 bridgehead atoms. The highest BCUT2D eigenvalue weighted by atomic mass is 16.5. The highest BCUT2D eigenvalue weighted by molar-refractivity contribution is 5.74. The molecular weight excluding hydrogens is 332 g/mol. The summed E-state index contributed by atoms with van der Waals surface area (Å²) in [6, 6.07) is 5.57. The zero-order chi connectivity index (χ0) is 18.9. The van der Waals surface area contributed by atoms with E-state index in [4.69, 9.17) is 14.2 Å². The first-order valence-electron chi connectivity index (χ1n) is 9.36. The minimum absolute atomic E-state index is 0.0382. The van der Waals surface area contributed by atoms with Crippen molar-refractivity contribution >= 4 is 6.03 Å². The maximum Gasteiger partial charge on any atom is 0.317 e. The zero-order valence-electron chi connectivity index (χ0n) is 16.4. The number of hydrogen-bond donors (Lipinski definition) is 1. The number of ether oxygens (including phenoxy) is 3. The average molecular weight is 364 g/mol. The van der Waals surface area contributed by atoms with E-state index < -0.39 is 0 Å². The van der Waals surface area contributed by atoms with Gasteiger partial charge in [0.25, 0.3) is 0 Å². The molecule has 0 radical (unpaired) electrons. The van der Waals surface area contributed by atoms with E-state index in [9.17, 15) is 4.79 Å². The Morgan fingerprint density at radius 2 is 1.96 bits per heavy atom. The lowest BCUT2D eigenvalue weighted by Gasteiger charge is -2.24. The number of carbonyl (C=O) groups is 1. The Labute approximate surface area is 156 Å².